The number of pyridine rings is 1. The summed E-state index contributed by atoms with van der Waals surface area (Å²) in [6.07, 6.45) is 0.886. The molecule has 9 nitrogen and oxygen atoms in total. The number of H-pyrrole nitrogens is 1. The molecule has 1 amide bonds. The largest absolute Gasteiger partial charge is 0.305 e. The monoisotopic (exact) mass is 295 g/mol. The Morgan fingerprint density at radius 3 is 2.80 bits per heavy atom. The number of carbonyl (C=O) groups excluding carboxylic acids is 1. The Kier molecular flexibility index (Phi) is 3.71. The Morgan fingerprint density at radius 1 is 1.45 bits per heavy atom. The molecule has 0 saturated heterocycles. The fourth-order valence-corrected chi connectivity index (χ4v) is 1.51. The average molecular weight is 296 g/mol. The molecular weight excluding hydrogens is 290 g/mol. The topological polar surface area (TPSA) is 131 Å². The number of amides is 1. The molecule has 0 bridgehead atoms. The van der Waals surface area contributed by atoms with E-state index in [-0.39, 0.29) is 16.5 Å². The number of anilines is 1. The van der Waals surface area contributed by atoms with Gasteiger partial charge in [0.05, 0.1) is 4.92 Å². The van der Waals surface area contributed by atoms with E-state index in [2.05, 4.69) is 20.5 Å². The Balaban J connectivity index is 2.33. The van der Waals surface area contributed by atoms with Crippen LogP contribution in [0.2, 0.25) is 5.15 Å². The molecule has 2 heterocycles. The van der Waals surface area contributed by atoms with Crippen molar-refractivity contribution in [3.05, 3.63) is 55.6 Å². The number of aromatic amines is 1. The number of nitrogens with one attached hydrogen (secondary N) is 2. The summed E-state index contributed by atoms with van der Waals surface area (Å²) < 4.78 is 0. The van der Waals surface area contributed by atoms with Gasteiger partial charge >= 0.3 is 0 Å². The minimum Gasteiger partial charge on any atom is -0.305 e. The predicted molar refractivity (Wildman–Crippen MR) is 68.7 cm³/mol. The van der Waals surface area contributed by atoms with Crippen LogP contribution in [0.25, 0.3) is 0 Å². The van der Waals surface area contributed by atoms with Gasteiger partial charge in [0, 0.05) is 6.07 Å². The molecule has 0 fully saturated rings. The van der Waals surface area contributed by atoms with Crippen LogP contribution in [0.5, 0.6) is 0 Å². The van der Waals surface area contributed by atoms with Crippen molar-refractivity contribution in [3.8, 4) is 0 Å². The van der Waals surface area contributed by atoms with E-state index < -0.39 is 22.1 Å². The fourth-order valence-electron chi connectivity index (χ4n) is 1.35. The van der Waals surface area contributed by atoms with E-state index in [1.165, 1.54) is 6.07 Å². The van der Waals surface area contributed by atoms with Gasteiger partial charge in [0.1, 0.15) is 16.9 Å². The first-order chi connectivity index (χ1) is 9.47. The molecule has 0 aliphatic heterocycles. The average Bonchev–Trinajstić information content (AvgIpc) is 2.41. The molecule has 2 rings (SSSR count). The number of hydrogen-bond donors (Lipinski definition) is 2. The van der Waals surface area contributed by atoms with Gasteiger partial charge in [-0.1, -0.05) is 11.6 Å². The van der Waals surface area contributed by atoms with Gasteiger partial charge in [-0.2, -0.15) is 5.10 Å². The van der Waals surface area contributed by atoms with Crippen LogP contribution < -0.4 is 10.9 Å². The summed E-state index contributed by atoms with van der Waals surface area (Å²) in [6, 6.07) is 3.47. The highest BCUT2D eigenvalue weighted by Crippen LogP contribution is 2.21. The standard InChI is InChI=1S/C10H6ClN5O4/c11-7-3-5(6(4-12-7)16(19)20)10(18)13-8-1-2-9(17)15-14-8/h1-4H,(H,15,17)(H,13,14,18). The van der Waals surface area contributed by atoms with E-state index in [4.69, 9.17) is 11.6 Å². The molecule has 0 saturated carbocycles. The van der Waals surface area contributed by atoms with E-state index in [1.807, 2.05) is 0 Å². The van der Waals surface area contributed by atoms with E-state index >= 15 is 0 Å². The van der Waals surface area contributed by atoms with Gasteiger partial charge in [0.25, 0.3) is 17.2 Å². The van der Waals surface area contributed by atoms with Gasteiger partial charge in [0.2, 0.25) is 0 Å². The summed E-state index contributed by atoms with van der Waals surface area (Å²) in [7, 11) is 0. The molecule has 0 aliphatic carbocycles. The summed E-state index contributed by atoms with van der Waals surface area (Å²) in [6.45, 7) is 0. The number of halogens is 1. The van der Waals surface area contributed by atoms with Gasteiger partial charge < -0.3 is 5.32 Å². The molecule has 20 heavy (non-hydrogen) atoms. The molecule has 0 aromatic carbocycles. The van der Waals surface area contributed by atoms with Crippen LogP contribution in [0.4, 0.5) is 11.5 Å². The normalized spacial score (nSPS) is 10.1. The zero-order valence-electron chi connectivity index (χ0n) is 9.66. The van der Waals surface area contributed by atoms with Gasteiger partial charge in [-0.05, 0) is 12.1 Å². The SMILES string of the molecule is O=C(Nc1ccc(=O)[nH]n1)c1cc(Cl)ncc1[N+](=O)[O-]. The maximum Gasteiger partial charge on any atom is 0.300 e. The Bertz CT molecular complexity index is 724. The second kappa shape index (κ2) is 5.45. The summed E-state index contributed by atoms with van der Waals surface area (Å²) in [5.41, 5.74) is -1.19. The molecule has 0 atom stereocenters. The quantitative estimate of drug-likeness (QED) is 0.493. The molecule has 2 aromatic rings. The van der Waals surface area contributed by atoms with E-state index in [1.54, 1.807) is 0 Å². The van der Waals surface area contributed by atoms with Gasteiger partial charge in [-0.15, -0.1) is 0 Å². The second-order valence-electron chi connectivity index (χ2n) is 3.54. The van der Waals surface area contributed by atoms with Crippen LogP contribution in [-0.2, 0) is 0 Å². The Labute approximate surface area is 115 Å². The highest BCUT2D eigenvalue weighted by molar-refractivity contribution is 6.30. The van der Waals surface area contributed by atoms with Crippen molar-refractivity contribution in [2.45, 2.75) is 0 Å². The molecule has 0 spiro atoms. The van der Waals surface area contributed by atoms with E-state index in [0.717, 1.165) is 18.3 Å². The Hall–Kier alpha value is -2.81. The first kappa shape index (κ1) is 13.6. The summed E-state index contributed by atoms with van der Waals surface area (Å²) >= 11 is 5.61. The minimum atomic E-state index is -0.791. The molecule has 102 valence electrons. The van der Waals surface area contributed by atoms with Crippen molar-refractivity contribution in [3.63, 3.8) is 0 Å². The lowest BCUT2D eigenvalue weighted by molar-refractivity contribution is -0.385. The van der Waals surface area contributed by atoms with Gasteiger partial charge in [-0.25, -0.2) is 10.1 Å². The van der Waals surface area contributed by atoms with Crippen molar-refractivity contribution in [2.75, 3.05) is 5.32 Å². The van der Waals surface area contributed by atoms with Gasteiger partial charge in [0.15, 0.2) is 5.82 Å². The predicted octanol–water partition coefficient (Wildman–Crippen LogP) is 0.979. The number of rotatable bonds is 3. The van der Waals surface area contributed by atoms with Crippen LogP contribution in [0, 0.1) is 10.1 Å². The van der Waals surface area contributed by atoms with Gasteiger partial charge in [-0.3, -0.25) is 19.7 Å². The first-order valence-electron chi connectivity index (χ1n) is 5.14. The lowest BCUT2D eigenvalue weighted by Gasteiger charge is -2.04. The maximum absolute atomic E-state index is 11.9. The van der Waals surface area contributed by atoms with E-state index in [9.17, 15) is 19.7 Å². The lowest BCUT2D eigenvalue weighted by Crippen LogP contribution is -2.17. The third kappa shape index (κ3) is 2.95. The third-order valence-electron chi connectivity index (χ3n) is 2.21. The minimum absolute atomic E-state index is 0.0387. The highest BCUT2D eigenvalue weighted by atomic mass is 35.5. The molecule has 10 heteroatoms. The van der Waals surface area contributed by atoms with Crippen molar-refractivity contribution in [1.82, 2.24) is 15.2 Å². The van der Waals surface area contributed by atoms with Crippen molar-refractivity contribution in [1.29, 1.82) is 0 Å². The highest BCUT2D eigenvalue weighted by Gasteiger charge is 2.21. The lowest BCUT2D eigenvalue weighted by atomic mass is 10.2. The number of nitro groups is 1. The zero-order chi connectivity index (χ0) is 14.7. The fraction of sp³-hybridized carbons (Fsp3) is 0. The number of aromatic nitrogens is 3. The second-order valence-corrected chi connectivity index (χ2v) is 3.93. The summed E-state index contributed by atoms with van der Waals surface area (Å²) in [4.78, 5) is 36.4. The Morgan fingerprint density at radius 2 is 2.20 bits per heavy atom. The molecule has 2 aromatic heterocycles. The summed E-state index contributed by atoms with van der Waals surface area (Å²) in [5, 5.41) is 18.7. The maximum atomic E-state index is 11.9. The molecule has 0 radical (unpaired) electrons. The molecule has 2 N–H and O–H groups in total. The van der Waals surface area contributed by atoms with Crippen LogP contribution in [-0.4, -0.2) is 26.0 Å². The van der Waals surface area contributed by atoms with Crippen molar-refractivity contribution < 1.29 is 9.72 Å². The molecule has 0 unspecified atom stereocenters. The third-order valence-corrected chi connectivity index (χ3v) is 2.42. The van der Waals surface area contributed by atoms with Crippen LogP contribution >= 0.6 is 11.6 Å². The number of nitrogens with zero attached hydrogens (tertiary/aromatic N) is 3. The van der Waals surface area contributed by atoms with Crippen LogP contribution in [0.15, 0.2) is 29.2 Å². The summed E-state index contributed by atoms with van der Waals surface area (Å²) in [5.74, 6) is -0.752. The smallest absolute Gasteiger partial charge is 0.300 e. The molecular formula is C10H6ClN5O4. The van der Waals surface area contributed by atoms with E-state index in [0.29, 0.717) is 0 Å². The first-order valence-corrected chi connectivity index (χ1v) is 5.52. The van der Waals surface area contributed by atoms with Crippen LogP contribution in [0.1, 0.15) is 10.4 Å². The zero-order valence-corrected chi connectivity index (χ0v) is 10.4. The number of carbonyl (C=O) groups is 1. The van der Waals surface area contributed by atoms with Crippen molar-refractivity contribution in [2.24, 2.45) is 0 Å². The van der Waals surface area contributed by atoms with Crippen molar-refractivity contribution >= 4 is 29.0 Å². The molecule has 0 aliphatic rings. The number of hydrogen-bond acceptors (Lipinski definition) is 6. The van der Waals surface area contributed by atoms with Crippen LogP contribution in [0.3, 0.4) is 0 Å².